The van der Waals surface area contributed by atoms with Gasteiger partial charge < -0.3 is 15.0 Å². The molecule has 1 aliphatic rings. The highest BCUT2D eigenvalue weighted by atomic mass is 32.2. The zero-order valence-electron chi connectivity index (χ0n) is 18.9. The molecule has 1 aliphatic heterocycles. The molecule has 1 atom stereocenters. The van der Waals surface area contributed by atoms with E-state index >= 15 is 0 Å². The predicted octanol–water partition coefficient (Wildman–Crippen LogP) is 2.43. The maximum absolute atomic E-state index is 12.3. The topological polar surface area (TPSA) is 78.9 Å². The fourth-order valence-electron chi connectivity index (χ4n) is 3.83. The number of likely N-dealkylation sites (N-methyl/N-ethyl adjacent to an activating group) is 1. The third-order valence-electron chi connectivity index (χ3n) is 5.60. The number of sulfone groups is 1. The molecule has 32 heavy (non-hydrogen) atoms. The van der Waals surface area contributed by atoms with Crippen LogP contribution in [0.5, 0.6) is 5.75 Å². The van der Waals surface area contributed by atoms with Gasteiger partial charge in [0.25, 0.3) is 0 Å². The fourth-order valence-corrected chi connectivity index (χ4v) is 4.49. The van der Waals surface area contributed by atoms with E-state index in [9.17, 15) is 13.2 Å². The molecule has 1 N–H and O–H groups in total. The van der Waals surface area contributed by atoms with Crippen LogP contribution in [0, 0.1) is 5.92 Å². The molecule has 0 aliphatic carbocycles. The lowest BCUT2D eigenvalue weighted by atomic mass is 10.1. The van der Waals surface area contributed by atoms with Gasteiger partial charge in [-0.2, -0.15) is 0 Å². The molecule has 1 amide bonds. The van der Waals surface area contributed by atoms with E-state index in [-0.39, 0.29) is 10.8 Å². The monoisotopic (exact) mass is 459 g/mol. The summed E-state index contributed by atoms with van der Waals surface area (Å²) in [6.07, 6.45) is 3.00. The van der Waals surface area contributed by atoms with Crippen LogP contribution in [0.15, 0.2) is 59.5 Å². The van der Waals surface area contributed by atoms with Gasteiger partial charge in [-0.15, -0.1) is 0 Å². The number of benzene rings is 2. The molecular weight excluding hydrogens is 426 g/mol. The number of carbonyl (C=O) groups is 1. The van der Waals surface area contributed by atoms with E-state index in [1.807, 2.05) is 18.0 Å². The molecule has 2 aromatic carbocycles. The molecule has 1 heterocycles. The van der Waals surface area contributed by atoms with Crippen LogP contribution in [0.1, 0.15) is 12.8 Å². The van der Waals surface area contributed by atoms with Crippen molar-refractivity contribution in [1.82, 2.24) is 10.2 Å². The molecule has 3 rings (SSSR count). The Morgan fingerprint density at radius 3 is 2.72 bits per heavy atom. The van der Waals surface area contributed by atoms with E-state index in [0.29, 0.717) is 37.9 Å². The molecule has 174 valence electrons. The Morgan fingerprint density at radius 1 is 1.19 bits per heavy atom. The Kier molecular flexibility index (Phi) is 8.53. The molecule has 0 aromatic heterocycles. The summed E-state index contributed by atoms with van der Waals surface area (Å²) in [4.78, 5) is 16.9. The fraction of sp³-hybridized carbons (Fsp3) is 0.458. The van der Waals surface area contributed by atoms with Crippen LogP contribution >= 0.6 is 0 Å². The number of anilines is 1. The minimum atomic E-state index is -3.25. The Labute approximate surface area is 191 Å². The summed E-state index contributed by atoms with van der Waals surface area (Å²) in [6.45, 7) is 4.21. The van der Waals surface area contributed by atoms with Crippen molar-refractivity contribution < 1.29 is 17.9 Å². The number of ether oxygens (including phenoxy) is 1. The van der Waals surface area contributed by atoms with Gasteiger partial charge in [-0.1, -0.05) is 24.3 Å². The van der Waals surface area contributed by atoms with Gasteiger partial charge in [0.05, 0.1) is 18.0 Å². The molecule has 1 fully saturated rings. The van der Waals surface area contributed by atoms with Crippen LogP contribution in [0.2, 0.25) is 0 Å². The summed E-state index contributed by atoms with van der Waals surface area (Å²) in [5.74, 6) is 1.04. The lowest BCUT2D eigenvalue weighted by molar-refractivity contribution is -0.122. The molecule has 2 aromatic rings. The Morgan fingerprint density at radius 2 is 1.97 bits per heavy atom. The van der Waals surface area contributed by atoms with Crippen LogP contribution in [0.25, 0.3) is 0 Å². The lowest BCUT2D eigenvalue weighted by Crippen LogP contribution is -2.38. The van der Waals surface area contributed by atoms with Crippen LogP contribution in [-0.2, 0) is 14.6 Å². The molecule has 8 heteroatoms. The average Bonchev–Trinajstić information content (AvgIpc) is 3.25. The SMILES string of the molecule is CN(CCCOc1cccc(S(C)(=O)=O)c1)CC(=O)NCC1CCN(c2ccccc2)C1. The van der Waals surface area contributed by atoms with Crippen molar-refractivity contribution in [1.29, 1.82) is 0 Å². The van der Waals surface area contributed by atoms with Gasteiger partial charge in [0, 0.05) is 38.1 Å². The van der Waals surface area contributed by atoms with E-state index < -0.39 is 9.84 Å². The molecule has 0 bridgehead atoms. The van der Waals surface area contributed by atoms with Crippen molar-refractivity contribution in [2.45, 2.75) is 17.7 Å². The number of carbonyl (C=O) groups excluding carboxylic acids is 1. The van der Waals surface area contributed by atoms with Crippen LogP contribution in [0.4, 0.5) is 5.69 Å². The third kappa shape index (κ3) is 7.53. The average molecular weight is 460 g/mol. The number of amides is 1. The standard InChI is InChI=1S/C24H33N3O4S/c1-26(13-7-15-31-22-10-6-11-23(16-22)32(2,29)30)19-24(28)25-17-20-12-14-27(18-20)21-8-4-3-5-9-21/h3-6,8-11,16,20H,7,12-15,17-19H2,1-2H3,(H,25,28). The predicted molar refractivity (Wildman–Crippen MR) is 127 cm³/mol. The Bertz CT molecular complexity index is 982. The highest BCUT2D eigenvalue weighted by Crippen LogP contribution is 2.23. The van der Waals surface area contributed by atoms with Crippen molar-refractivity contribution in [3.05, 3.63) is 54.6 Å². The summed E-state index contributed by atoms with van der Waals surface area (Å²) >= 11 is 0. The normalized spacial score (nSPS) is 16.3. The highest BCUT2D eigenvalue weighted by molar-refractivity contribution is 7.90. The maximum atomic E-state index is 12.3. The number of hydrogen-bond acceptors (Lipinski definition) is 6. The van der Waals surface area contributed by atoms with Crippen molar-refractivity contribution in [2.75, 3.05) is 57.5 Å². The lowest BCUT2D eigenvalue weighted by Gasteiger charge is -2.19. The number of nitrogens with zero attached hydrogens (tertiary/aromatic N) is 2. The Balaban J connectivity index is 1.30. The first-order valence-electron chi connectivity index (χ1n) is 11.0. The first kappa shape index (κ1) is 24.1. The van der Waals surface area contributed by atoms with Crippen LogP contribution in [-0.4, -0.2) is 71.9 Å². The number of rotatable bonds is 11. The second-order valence-corrected chi connectivity index (χ2v) is 10.4. The van der Waals surface area contributed by atoms with E-state index in [0.717, 1.165) is 25.9 Å². The first-order valence-corrected chi connectivity index (χ1v) is 12.9. The van der Waals surface area contributed by atoms with Gasteiger partial charge >= 0.3 is 0 Å². The van der Waals surface area contributed by atoms with E-state index in [2.05, 4.69) is 34.5 Å². The van der Waals surface area contributed by atoms with Gasteiger partial charge in [-0.25, -0.2) is 8.42 Å². The summed E-state index contributed by atoms with van der Waals surface area (Å²) in [7, 11) is -1.33. The number of para-hydroxylation sites is 1. The van der Waals surface area contributed by atoms with Gasteiger partial charge in [0.15, 0.2) is 9.84 Å². The highest BCUT2D eigenvalue weighted by Gasteiger charge is 2.23. The summed E-state index contributed by atoms with van der Waals surface area (Å²) in [5.41, 5.74) is 1.24. The van der Waals surface area contributed by atoms with Gasteiger partial charge in [0.1, 0.15) is 5.75 Å². The molecule has 7 nitrogen and oxygen atoms in total. The van der Waals surface area contributed by atoms with Crippen molar-refractivity contribution in [3.8, 4) is 5.75 Å². The molecule has 0 saturated carbocycles. The Hall–Kier alpha value is -2.58. The van der Waals surface area contributed by atoms with Crippen LogP contribution < -0.4 is 15.0 Å². The molecular formula is C24H33N3O4S. The molecule has 0 radical (unpaired) electrons. The van der Waals surface area contributed by atoms with Crippen molar-refractivity contribution in [2.24, 2.45) is 5.92 Å². The zero-order chi connectivity index (χ0) is 23.0. The summed E-state index contributed by atoms with van der Waals surface area (Å²) < 4.78 is 28.9. The van der Waals surface area contributed by atoms with E-state index in [1.54, 1.807) is 18.2 Å². The van der Waals surface area contributed by atoms with Gasteiger partial charge in [-0.05, 0) is 56.1 Å². The minimum absolute atomic E-state index is 0.0347. The van der Waals surface area contributed by atoms with E-state index in [1.165, 1.54) is 18.0 Å². The van der Waals surface area contributed by atoms with E-state index in [4.69, 9.17) is 4.74 Å². The first-order chi connectivity index (χ1) is 15.3. The second kappa shape index (κ2) is 11.3. The summed E-state index contributed by atoms with van der Waals surface area (Å²) in [5, 5.41) is 3.07. The third-order valence-corrected chi connectivity index (χ3v) is 6.71. The molecule has 0 spiro atoms. The minimum Gasteiger partial charge on any atom is -0.494 e. The van der Waals surface area contributed by atoms with Crippen molar-refractivity contribution in [3.63, 3.8) is 0 Å². The molecule has 1 unspecified atom stereocenters. The zero-order valence-corrected chi connectivity index (χ0v) is 19.7. The van der Waals surface area contributed by atoms with Gasteiger partial charge in [-0.3, -0.25) is 9.69 Å². The maximum Gasteiger partial charge on any atom is 0.234 e. The largest absolute Gasteiger partial charge is 0.494 e. The smallest absolute Gasteiger partial charge is 0.234 e. The number of nitrogens with one attached hydrogen (secondary N) is 1. The van der Waals surface area contributed by atoms with Gasteiger partial charge in [0.2, 0.25) is 5.91 Å². The summed E-state index contributed by atoms with van der Waals surface area (Å²) in [6, 6.07) is 16.9. The molecule has 1 saturated heterocycles. The quantitative estimate of drug-likeness (QED) is 0.520. The van der Waals surface area contributed by atoms with Crippen LogP contribution in [0.3, 0.4) is 0 Å². The second-order valence-electron chi connectivity index (χ2n) is 8.43. The number of hydrogen-bond donors (Lipinski definition) is 1. The van der Waals surface area contributed by atoms with Crippen molar-refractivity contribution >= 4 is 21.4 Å².